The van der Waals surface area contributed by atoms with E-state index in [2.05, 4.69) is 5.32 Å². The van der Waals surface area contributed by atoms with Gasteiger partial charge in [0.25, 0.3) is 0 Å². The SMILES string of the molecule is CC=CNCO. The van der Waals surface area contributed by atoms with Crippen LogP contribution in [0.15, 0.2) is 12.3 Å². The Hall–Kier alpha value is -0.500. The van der Waals surface area contributed by atoms with Crippen LogP contribution in [0, 0.1) is 0 Å². The first-order chi connectivity index (χ1) is 2.91. The lowest BCUT2D eigenvalue weighted by Crippen LogP contribution is -2.03. The molecular weight excluding hydrogens is 78.0 g/mol. The Morgan fingerprint density at radius 3 is 2.67 bits per heavy atom. The summed E-state index contributed by atoms with van der Waals surface area (Å²) in [7, 11) is 0. The Bertz CT molecular complexity index is 42.8. The summed E-state index contributed by atoms with van der Waals surface area (Å²) in [5.74, 6) is 0. The largest absolute Gasteiger partial charge is 0.377 e. The standard InChI is InChI=1S/C4H9NO/c1-2-3-5-4-6/h2-3,5-6H,4H2,1H3. The molecule has 0 aromatic rings. The average Bonchev–Trinajstić information content (AvgIpc) is 1.61. The third-order valence-corrected chi connectivity index (χ3v) is 0.376. The second kappa shape index (κ2) is 4.50. The molecular formula is C4H9NO. The monoisotopic (exact) mass is 87.1 g/mol. The van der Waals surface area contributed by atoms with Crippen molar-refractivity contribution < 1.29 is 5.11 Å². The van der Waals surface area contributed by atoms with Crippen LogP contribution in [0.5, 0.6) is 0 Å². The van der Waals surface area contributed by atoms with Gasteiger partial charge in [-0.3, -0.25) is 0 Å². The third kappa shape index (κ3) is 3.50. The van der Waals surface area contributed by atoms with Crippen LogP contribution in [0.4, 0.5) is 0 Å². The van der Waals surface area contributed by atoms with E-state index in [-0.39, 0.29) is 6.73 Å². The van der Waals surface area contributed by atoms with Crippen molar-refractivity contribution in [3.63, 3.8) is 0 Å². The Kier molecular flexibility index (Phi) is 4.12. The number of hydrogen-bond donors (Lipinski definition) is 2. The summed E-state index contributed by atoms with van der Waals surface area (Å²) in [4.78, 5) is 0. The number of nitrogens with one attached hydrogen (secondary N) is 1. The zero-order valence-electron chi connectivity index (χ0n) is 3.81. The van der Waals surface area contributed by atoms with Gasteiger partial charge in [0, 0.05) is 0 Å². The van der Waals surface area contributed by atoms with Gasteiger partial charge in [0.2, 0.25) is 0 Å². The van der Waals surface area contributed by atoms with Crippen molar-refractivity contribution in [2.24, 2.45) is 0 Å². The minimum absolute atomic E-state index is 0.0182. The zero-order valence-corrected chi connectivity index (χ0v) is 3.81. The van der Waals surface area contributed by atoms with Gasteiger partial charge in [-0.25, -0.2) is 0 Å². The van der Waals surface area contributed by atoms with E-state index in [1.54, 1.807) is 6.20 Å². The zero-order chi connectivity index (χ0) is 4.83. The highest BCUT2D eigenvalue weighted by Crippen LogP contribution is 1.56. The summed E-state index contributed by atoms with van der Waals surface area (Å²) in [5.41, 5.74) is 0. The highest BCUT2D eigenvalue weighted by Gasteiger charge is 1.58. The van der Waals surface area contributed by atoms with Gasteiger partial charge >= 0.3 is 0 Å². The molecule has 0 heterocycles. The molecule has 0 saturated carbocycles. The number of hydrogen-bond acceptors (Lipinski definition) is 2. The summed E-state index contributed by atoms with van der Waals surface area (Å²) in [5, 5.41) is 10.6. The summed E-state index contributed by atoms with van der Waals surface area (Å²) in [6, 6.07) is 0. The number of aliphatic hydroxyl groups excluding tert-OH is 1. The fraction of sp³-hybridized carbons (Fsp3) is 0.500. The van der Waals surface area contributed by atoms with Crippen LogP contribution < -0.4 is 5.32 Å². The molecule has 0 aliphatic rings. The van der Waals surface area contributed by atoms with Crippen molar-refractivity contribution in [3.05, 3.63) is 12.3 Å². The van der Waals surface area contributed by atoms with E-state index in [9.17, 15) is 0 Å². The Morgan fingerprint density at radius 2 is 2.50 bits per heavy atom. The van der Waals surface area contributed by atoms with Gasteiger partial charge in [0.1, 0.15) is 6.73 Å². The molecule has 0 spiro atoms. The molecule has 0 saturated heterocycles. The molecule has 2 nitrogen and oxygen atoms in total. The molecule has 0 amide bonds. The van der Waals surface area contributed by atoms with Crippen molar-refractivity contribution >= 4 is 0 Å². The predicted octanol–water partition coefficient (Wildman–Crippen LogP) is 0.0594. The maximum absolute atomic E-state index is 8.04. The molecule has 0 bridgehead atoms. The molecule has 0 aromatic heterocycles. The van der Waals surface area contributed by atoms with Crippen molar-refractivity contribution in [2.45, 2.75) is 6.92 Å². The number of allylic oxidation sites excluding steroid dienone is 1. The molecule has 36 valence electrons. The van der Waals surface area contributed by atoms with Gasteiger partial charge in [-0.05, 0) is 13.1 Å². The molecule has 0 fully saturated rings. The fourth-order valence-electron chi connectivity index (χ4n) is 0.171. The third-order valence-electron chi connectivity index (χ3n) is 0.376. The summed E-state index contributed by atoms with van der Waals surface area (Å²) < 4.78 is 0. The van der Waals surface area contributed by atoms with Gasteiger partial charge in [0.15, 0.2) is 0 Å². The Morgan fingerprint density at radius 1 is 1.83 bits per heavy atom. The first kappa shape index (κ1) is 5.50. The van der Waals surface area contributed by atoms with Crippen LogP contribution in [0.25, 0.3) is 0 Å². The first-order valence-electron chi connectivity index (χ1n) is 1.87. The molecule has 0 radical (unpaired) electrons. The fourth-order valence-corrected chi connectivity index (χ4v) is 0.171. The second-order valence-electron chi connectivity index (χ2n) is 0.862. The predicted molar refractivity (Wildman–Crippen MR) is 25.0 cm³/mol. The van der Waals surface area contributed by atoms with Gasteiger partial charge < -0.3 is 10.4 Å². The minimum atomic E-state index is 0.0182. The van der Waals surface area contributed by atoms with Crippen molar-refractivity contribution in [3.8, 4) is 0 Å². The lowest BCUT2D eigenvalue weighted by atomic mass is 10.7. The molecule has 0 aliphatic heterocycles. The van der Waals surface area contributed by atoms with Gasteiger partial charge in [-0.2, -0.15) is 0 Å². The summed E-state index contributed by atoms with van der Waals surface area (Å²) in [6.07, 6.45) is 3.50. The van der Waals surface area contributed by atoms with Crippen LogP contribution >= 0.6 is 0 Å². The van der Waals surface area contributed by atoms with E-state index in [0.29, 0.717) is 0 Å². The van der Waals surface area contributed by atoms with E-state index < -0.39 is 0 Å². The maximum Gasteiger partial charge on any atom is 0.112 e. The Balaban J connectivity index is 2.66. The summed E-state index contributed by atoms with van der Waals surface area (Å²) >= 11 is 0. The van der Waals surface area contributed by atoms with Gasteiger partial charge in [-0.1, -0.05) is 6.08 Å². The first-order valence-corrected chi connectivity index (χ1v) is 1.87. The topological polar surface area (TPSA) is 32.3 Å². The smallest absolute Gasteiger partial charge is 0.112 e. The normalized spacial score (nSPS) is 9.67. The lowest BCUT2D eigenvalue weighted by Gasteiger charge is -1.85. The highest BCUT2D eigenvalue weighted by atomic mass is 16.3. The van der Waals surface area contributed by atoms with Crippen LogP contribution in [0.1, 0.15) is 6.92 Å². The van der Waals surface area contributed by atoms with Gasteiger partial charge in [-0.15, -0.1) is 0 Å². The van der Waals surface area contributed by atoms with Crippen LogP contribution in [0.2, 0.25) is 0 Å². The molecule has 2 N–H and O–H groups in total. The van der Waals surface area contributed by atoms with E-state index in [0.717, 1.165) is 0 Å². The quantitative estimate of drug-likeness (QED) is 0.467. The van der Waals surface area contributed by atoms with Crippen molar-refractivity contribution in [1.82, 2.24) is 5.32 Å². The van der Waals surface area contributed by atoms with E-state index in [1.807, 2.05) is 13.0 Å². The summed E-state index contributed by atoms with van der Waals surface area (Å²) in [6.45, 7) is 1.90. The molecule has 6 heavy (non-hydrogen) atoms. The van der Waals surface area contributed by atoms with Crippen LogP contribution in [-0.2, 0) is 0 Å². The molecule has 2 heteroatoms. The molecule has 0 aromatic carbocycles. The maximum atomic E-state index is 8.04. The number of aliphatic hydroxyl groups is 1. The van der Waals surface area contributed by atoms with Crippen LogP contribution in [0.3, 0.4) is 0 Å². The molecule has 0 unspecified atom stereocenters. The number of rotatable bonds is 2. The average molecular weight is 87.1 g/mol. The lowest BCUT2D eigenvalue weighted by molar-refractivity contribution is 0.279. The van der Waals surface area contributed by atoms with E-state index in [1.165, 1.54) is 0 Å². The van der Waals surface area contributed by atoms with Crippen LogP contribution in [-0.4, -0.2) is 11.8 Å². The van der Waals surface area contributed by atoms with E-state index in [4.69, 9.17) is 5.11 Å². The minimum Gasteiger partial charge on any atom is -0.377 e. The van der Waals surface area contributed by atoms with Crippen molar-refractivity contribution in [2.75, 3.05) is 6.73 Å². The molecule has 0 rings (SSSR count). The van der Waals surface area contributed by atoms with Gasteiger partial charge in [0.05, 0.1) is 0 Å². The molecule has 0 aliphatic carbocycles. The van der Waals surface area contributed by atoms with Crippen molar-refractivity contribution in [1.29, 1.82) is 0 Å². The molecule has 0 atom stereocenters. The Labute approximate surface area is 37.5 Å². The van der Waals surface area contributed by atoms with E-state index >= 15 is 0 Å². The highest BCUT2D eigenvalue weighted by molar-refractivity contribution is 4.71. The second-order valence-corrected chi connectivity index (χ2v) is 0.862.